The molecule has 0 bridgehead atoms. The second-order valence-corrected chi connectivity index (χ2v) is 9.19. The van der Waals surface area contributed by atoms with Gasteiger partial charge in [-0.3, -0.25) is 4.79 Å². The monoisotopic (exact) mass is 455 g/mol. The van der Waals surface area contributed by atoms with Crippen LogP contribution in [0, 0.1) is 6.92 Å². The van der Waals surface area contributed by atoms with Gasteiger partial charge in [0, 0.05) is 29.8 Å². The average molecular weight is 456 g/mol. The molecule has 174 valence electrons. The first-order valence-corrected chi connectivity index (χ1v) is 11.4. The number of hydrogen-bond acceptors (Lipinski definition) is 5. The first kappa shape index (κ1) is 23.5. The van der Waals surface area contributed by atoms with Crippen molar-refractivity contribution in [3.63, 3.8) is 0 Å². The lowest BCUT2D eigenvalue weighted by Gasteiger charge is -2.28. The topological polar surface area (TPSA) is 68.5 Å². The number of nitrogens with one attached hydrogen (secondary N) is 1. The summed E-state index contributed by atoms with van der Waals surface area (Å²) in [5.41, 5.74) is 2.98. The lowest BCUT2D eigenvalue weighted by molar-refractivity contribution is -0.00134. The van der Waals surface area contributed by atoms with E-state index in [1.807, 2.05) is 88.4 Å². The molecule has 5 nitrogen and oxygen atoms in total. The third-order valence-electron chi connectivity index (χ3n) is 5.74. The number of rotatable bonds is 7. The number of carbonyl (C=O) groups is 1. The number of fused-ring (bicyclic) bond motifs is 1. The first-order chi connectivity index (χ1) is 16.2. The summed E-state index contributed by atoms with van der Waals surface area (Å²) in [5, 5.41) is 4.01. The van der Waals surface area contributed by atoms with Gasteiger partial charge in [0.2, 0.25) is 0 Å². The third kappa shape index (κ3) is 5.26. The fourth-order valence-electron chi connectivity index (χ4n) is 3.93. The number of ether oxygens (including phenoxy) is 1. The molecule has 1 N–H and O–H groups in total. The molecule has 1 heterocycles. The Kier molecular flexibility index (Phi) is 6.66. The van der Waals surface area contributed by atoms with Crippen LogP contribution in [0.3, 0.4) is 0 Å². The fourth-order valence-corrected chi connectivity index (χ4v) is 3.93. The second-order valence-electron chi connectivity index (χ2n) is 9.19. The maximum atomic E-state index is 12.9. The highest BCUT2D eigenvalue weighted by molar-refractivity contribution is 5.89. The minimum absolute atomic E-state index is 0.0747. The van der Waals surface area contributed by atoms with Crippen molar-refractivity contribution in [3.8, 4) is 11.3 Å². The van der Waals surface area contributed by atoms with Crippen LogP contribution in [0.15, 0.2) is 88.1 Å². The largest absolute Gasteiger partial charge is 0.455 e. The molecule has 0 aliphatic rings. The minimum Gasteiger partial charge on any atom is -0.455 e. The predicted octanol–water partition coefficient (Wildman–Crippen LogP) is 6.05. The normalized spacial score (nSPS) is 12.5. The molecule has 0 radical (unpaired) electrons. The molecule has 0 saturated heterocycles. The van der Waals surface area contributed by atoms with E-state index in [1.165, 1.54) is 0 Å². The molecule has 4 rings (SSSR count). The Balaban J connectivity index is 1.59. The van der Waals surface area contributed by atoms with E-state index >= 15 is 0 Å². The SMILES string of the molecule is Cc1cc(C(C)NCC(C)(C)OC(=O)c2ccccc2)c2oc(-c3ccccc3)cc(=O)c2c1. The van der Waals surface area contributed by atoms with E-state index in [1.54, 1.807) is 18.2 Å². The Morgan fingerprint density at radius 1 is 1.00 bits per heavy atom. The van der Waals surface area contributed by atoms with E-state index in [2.05, 4.69) is 5.32 Å². The summed E-state index contributed by atoms with van der Waals surface area (Å²) in [4.78, 5) is 25.4. The molecule has 4 aromatic rings. The van der Waals surface area contributed by atoms with Crippen LogP contribution >= 0.6 is 0 Å². The van der Waals surface area contributed by atoms with Crippen LogP contribution in [0.2, 0.25) is 0 Å². The Morgan fingerprint density at radius 3 is 2.32 bits per heavy atom. The molecule has 0 aliphatic heterocycles. The first-order valence-electron chi connectivity index (χ1n) is 11.4. The molecule has 1 atom stereocenters. The van der Waals surface area contributed by atoms with E-state index in [0.29, 0.717) is 28.8 Å². The van der Waals surface area contributed by atoms with Crippen LogP contribution in [-0.2, 0) is 4.74 Å². The van der Waals surface area contributed by atoms with Gasteiger partial charge in [0.15, 0.2) is 5.43 Å². The Bertz CT molecular complexity index is 1360. The van der Waals surface area contributed by atoms with Crippen molar-refractivity contribution in [1.82, 2.24) is 5.32 Å². The standard InChI is InChI=1S/C29H29NO4/c1-19-15-23(20(2)30-18-29(3,4)34-28(32)22-13-9-6-10-14-22)27-24(16-19)25(31)17-26(33-27)21-11-7-5-8-12-21/h5-17,20,30H,18H2,1-4H3. The van der Waals surface area contributed by atoms with Gasteiger partial charge in [0.25, 0.3) is 0 Å². The number of hydrogen-bond donors (Lipinski definition) is 1. The van der Waals surface area contributed by atoms with Crippen LogP contribution < -0.4 is 10.7 Å². The summed E-state index contributed by atoms with van der Waals surface area (Å²) < 4.78 is 12.0. The molecule has 0 fully saturated rings. The van der Waals surface area contributed by atoms with Crippen molar-refractivity contribution in [2.45, 2.75) is 39.3 Å². The maximum Gasteiger partial charge on any atom is 0.338 e. The Hall–Kier alpha value is -3.70. The molecular formula is C29H29NO4. The third-order valence-corrected chi connectivity index (χ3v) is 5.74. The van der Waals surface area contributed by atoms with Crippen LogP contribution in [0.25, 0.3) is 22.3 Å². The Labute approximate surface area is 199 Å². The van der Waals surface area contributed by atoms with Crippen LogP contribution in [0.1, 0.15) is 48.3 Å². The van der Waals surface area contributed by atoms with E-state index in [4.69, 9.17) is 9.15 Å². The van der Waals surface area contributed by atoms with Crippen molar-refractivity contribution < 1.29 is 13.9 Å². The molecule has 1 aromatic heterocycles. The molecule has 1 unspecified atom stereocenters. The van der Waals surface area contributed by atoms with Gasteiger partial charge in [0.05, 0.1) is 10.9 Å². The van der Waals surface area contributed by atoms with E-state index < -0.39 is 5.60 Å². The highest BCUT2D eigenvalue weighted by Crippen LogP contribution is 2.29. The lowest BCUT2D eigenvalue weighted by Crippen LogP contribution is -2.40. The highest BCUT2D eigenvalue weighted by Gasteiger charge is 2.25. The van der Waals surface area contributed by atoms with Crippen molar-refractivity contribution >= 4 is 16.9 Å². The molecule has 0 aliphatic carbocycles. The van der Waals surface area contributed by atoms with Gasteiger partial charge in [-0.05, 0) is 51.5 Å². The van der Waals surface area contributed by atoms with E-state index in [-0.39, 0.29) is 17.4 Å². The highest BCUT2D eigenvalue weighted by atomic mass is 16.6. The van der Waals surface area contributed by atoms with Crippen molar-refractivity contribution in [1.29, 1.82) is 0 Å². The second kappa shape index (κ2) is 9.65. The number of aryl methyl sites for hydroxylation is 1. The molecule has 3 aromatic carbocycles. The lowest BCUT2D eigenvalue weighted by atomic mass is 10.00. The van der Waals surface area contributed by atoms with Crippen LogP contribution in [-0.4, -0.2) is 18.1 Å². The smallest absolute Gasteiger partial charge is 0.338 e. The molecule has 0 saturated carbocycles. The number of carbonyl (C=O) groups excluding carboxylic acids is 1. The van der Waals surface area contributed by atoms with Gasteiger partial charge in [-0.25, -0.2) is 4.79 Å². The quantitative estimate of drug-likeness (QED) is 0.343. The summed E-state index contributed by atoms with van der Waals surface area (Å²) in [7, 11) is 0. The molecule has 5 heteroatoms. The van der Waals surface area contributed by atoms with Gasteiger partial charge in [-0.1, -0.05) is 54.6 Å². The zero-order valence-corrected chi connectivity index (χ0v) is 19.9. The van der Waals surface area contributed by atoms with Gasteiger partial charge < -0.3 is 14.5 Å². The summed E-state index contributed by atoms with van der Waals surface area (Å²) in [5.74, 6) is 0.173. The average Bonchev–Trinajstić information content (AvgIpc) is 2.83. The van der Waals surface area contributed by atoms with Crippen molar-refractivity contribution in [2.24, 2.45) is 0 Å². The number of esters is 1. The van der Waals surface area contributed by atoms with Gasteiger partial charge >= 0.3 is 5.97 Å². The molecule has 0 spiro atoms. The van der Waals surface area contributed by atoms with Gasteiger partial charge in [-0.15, -0.1) is 0 Å². The number of benzene rings is 3. The van der Waals surface area contributed by atoms with E-state index in [0.717, 1.165) is 16.7 Å². The molecule has 0 amide bonds. The summed E-state index contributed by atoms with van der Waals surface area (Å²) >= 11 is 0. The maximum absolute atomic E-state index is 12.9. The van der Waals surface area contributed by atoms with Crippen molar-refractivity contribution in [3.05, 3.63) is 106 Å². The van der Waals surface area contributed by atoms with Crippen LogP contribution in [0.4, 0.5) is 0 Å². The predicted molar refractivity (Wildman–Crippen MR) is 135 cm³/mol. The zero-order valence-electron chi connectivity index (χ0n) is 19.9. The van der Waals surface area contributed by atoms with Gasteiger partial charge in [0.1, 0.15) is 16.9 Å². The van der Waals surface area contributed by atoms with E-state index in [9.17, 15) is 9.59 Å². The summed E-state index contributed by atoms with van der Waals surface area (Å²) in [6, 6.07) is 23.8. The summed E-state index contributed by atoms with van der Waals surface area (Å²) in [6.07, 6.45) is 0. The van der Waals surface area contributed by atoms with Crippen LogP contribution in [0.5, 0.6) is 0 Å². The van der Waals surface area contributed by atoms with Gasteiger partial charge in [-0.2, -0.15) is 0 Å². The van der Waals surface area contributed by atoms with Crippen molar-refractivity contribution in [2.75, 3.05) is 6.54 Å². The minimum atomic E-state index is -0.739. The molecule has 34 heavy (non-hydrogen) atoms. The molecular weight excluding hydrogens is 426 g/mol. The fraction of sp³-hybridized carbons (Fsp3) is 0.241. The zero-order chi connectivity index (χ0) is 24.3. The summed E-state index contributed by atoms with van der Waals surface area (Å²) in [6.45, 7) is 8.14. The Morgan fingerprint density at radius 2 is 1.65 bits per heavy atom.